The van der Waals surface area contributed by atoms with E-state index in [0.717, 1.165) is 55.8 Å². The first-order valence-corrected chi connectivity index (χ1v) is 9.84. The van der Waals surface area contributed by atoms with Crippen molar-refractivity contribution in [2.45, 2.75) is 83.2 Å². The van der Waals surface area contributed by atoms with Crippen LogP contribution in [0.4, 0.5) is 0 Å². The normalized spacial score (nSPS) is 54.9. The first kappa shape index (κ1) is 13.9. The van der Waals surface area contributed by atoms with Gasteiger partial charge in [0.15, 0.2) is 0 Å². The maximum absolute atomic E-state index is 13.3. The van der Waals surface area contributed by atoms with E-state index in [1.54, 1.807) is 0 Å². The fourth-order valence-electron chi connectivity index (χ4n) is 7.68. The van der Waals surface area contributed by atoms with Gasteiger partial charge in [0, 0.05) is 0 Å². The predicted molar refractivity (Wildman–Crippen MR) is 85.2 cm³/mol. The molecule has 0 saturated heterocycles. The Morgan fingerprint density at radius 2 is 1.55 bits per heavy atom. The van der Waals surface area contributed by atoms with Crippen molar-refractivity contribution >= 4 is 5.97 Å². The fourth-order valence-corrected chi connectivity index (χ4v) is 7.68. The van der Waals surface area contributed by atoms with Crippen molar-refractivity contribution < 1.29 is 9.53 Å². The van der Waals surface area contributed by atoms with Crippen molar-refractivity contribution in [3.63, 3.8) is 0 Å². The lowest BCUT2D eigenvalue weighted by atomic mass is 9.49. The topological polar surface area (TPSA) is 26.3 Å². The highest BCUT2D eigenvalue weighted by Crippen LogP contribution is 2.62. The summed E-state index contributed by atoms with van der Waals surface area (Å²) in [4.78, 5) is 13.3. The number of hydrogen-bond acceptors (Lipinski definition) is 2. The minimum atomic E-state index is -0.0800. The number of fused-ring (bicyclic) bond motifs is 2. The van der Waals surface area contributed by atoms with Crippen LogP contribution in [0.15, 0.2) is 0 Å². The molecule has 1 unspecified atom stereocenters. The molecule has 6 aliphatic rings. The maximum Gasteiger partial charge on any atom is 0.312 e. The highest BCUT2D eigenvalue weighted by Gasteiger charge is 2.59. The van der Waals surface area contributed by atoms with Crippen LogP contribution < -0.4 is 0 Å². The van der Waals surface area contributed by atoms with Crippen molar-refractivity contribution in [2.24, 2.45) is 35.0 Å². The molecule has 122 valence electrons. The monoisotopic (exact) mass is 302 g/mol. The van der Waals surface area contributed by atoms with Gasteiger partial charge in [-0.15, -0.1) is 0 Å². The molecule has 0 aromatic heterocycles. The molecule has 3 atom stereocenters. The standard InChI is InChI=1S/C20H30O2/c1-2-20(12-13-3-4-17(20)8-13)22-18(21)19-9-14-5-15(10-19)7-16(6-14)11-19/h13-17H,2-12H2,1H3/t13?,14?,15?,16?,17-,19?,20+/m0/s1. The highest BCUT2D eigenvalue weighted by molar-refractivity contribution is 5.78. The van der Waals surface area contributed by atoms with Crippen LogP contribution in [0.3, 0.4) is 0 Å². The number of carbonyl (C=O) groups is 1. The highest BCUT2D eigenvalue weighted by atomic mass is 16.6. The van der Waals surface area contributed by atoms with Gasteiger partial charge in [0.2, 0.25) is 0 Å². The van der Waals surface area contributed by atoms with Crippen molar-refractivity contribution in [3.05, 3.63) is 0 Å². The smallest absolute Gasteiger partial charge is 0.312 e. The number of hydrogen-bond donors (Lipinski definition) is 0. The van der Waals surface area contributed by atoms with Crippen LogP contribution in [-0.4, -0.2) is 11.6 Å². The second-order valence-electron chi connectivity index (χ2n) is 9.59. The first-order chi connectivity index (χ1) is 10.6. The van der Waals surface area contributed by atoms with Gasteiger partial charge in [-0.2, -0.15) is 0 Å². The van der Waals surface area contributed by atoms with E-state index in [1.807, 2.05) is 0 Å². The summed E-state index contributed by atoms with van der Waals surface area (Å²) < 4.78 is 6.43. The molecule has 0 aromatic carbocycles. The molecular weight excluding hydrogens is 272 g/mol. The lowest BCUT2D eigenvalue weighted by Crippen LogP contribution is -2.53. The minimum Gasteiger partial charge on any atom is -0.458 e. The second-order valence-corrected chi connectivity index (χ2v) is 9.59. The van der Waals surface area contributed by atoms with E-state index in [1.165, 1.54) is 38.5 Å². The molecule has 0 heterocycles. The zero-order valence-electron chi connectivity index (χ0n) is 14.0. The Morgan fingerprint density at radius 3 is 2.00 bits per heavy atom. The van der Waals surface area contributed by atoms with Crippen LogP contribution in [0.25, 0.3) is 0 Å². The summed E-state index contributed by atoms with van der Waals surface area (Å²) >= 11 is 0. The van der Waals surface area contributed by atoms with Crippen molar-refractivity contribution in [2.75, 3.05) is 0 Å². The van der Waals surface area contributed by atoms with Crippen molar-refractivity contribution in [1.29, 1.82) is 0 Å². The Morgan fingerprint density at radius 1 is 0.909 bits per heavy atom. The third-order valence-corrected chi connectivity index (χ3v) is 8.29. The predicted octanol–water partition coefficient (Wildman–Crippen LogP) is 4.71. The molecule has 0 aliphatic heterocycles. The molecule has 6 rings (SSSR count). The molecule has 6 fully saturated rings. The Kier molecular flexibility index (Phi) is 2.84. The lowest BCUT2D eigenvalue weighted by molar-refractivity contribution is -0.193. The van der Waals surface area contributed by atoms with Crippen molar-refractivity contribution in [3.8, 4) is 0 Å². The summed E-state index contributed by atoms with van der Waals surface area (Å²) in [7, 11) is 0. The zero-order chi connectivity index (χ0) is 14.9. The van der Waals surface area contributed by atoms with Crippen LogP contribution in [0.5, 0.6) is 0 Å². The van der Waals surface area contributed by atoms with Gasteiger partial charge >= 0.3 is 5.97 Å². The molecule has 2 heteroatoms. The number of rotatable bonds is 3. The molecule has 0 amide bonds. The Bertz CT molecular complexity index is 461. The van der Waals surface area contributed by atoms with Crippen molar-refractivity contribution in [1.82, 2.24) is 0 Å². The van der Waals surface area contributed by atoms with Crippen LogP contribution in [-0.2, 0) is 9.53 Å². The SMILES string of the molecule is CC[C@@]1(OC(=O)C23CC4CC(CC(C4)C2)C3)CC2CC[C@H]1C2. The molecule has 6 saturated carbocycles. The fraction of sp³-hybridized carbons (Fsp3) is 0.950. The minimum absolute atomic E-state index is 0.0707. The molecule has 0 radical (unpaired) electrons. The largest absolute Gasteiger partial charge is 0.458 e. The van der Waals surface area contributed by atoms with E-state index in [-0.39, 0.29) is 17.0 Å². The average molecular weight is 302 g/mol. The molecular formula is C20H30O2. The number of ether oxygens (including phenoxy) is 1. The molecule has 0 N–H and O–H groups in total. The van der Waals surface area contributed by atoms with Gasteiger partial charge in [0.25, 0.3) is 0 Å². The summed E-state index contributed by atoms with van der Waals surface area (Å²) in [5.41, 5.74) is -0.151. The summed E-state index contributed by atoms with van der Waals surface area (Å²) in [5.74, 6) is 4.22. The molecule has 0 spiro atoms. The Balaban J connectivity index is 1.38. The van der Waals surface area contributed by atoms with Gasteiger partial charge < -0.3 is 4.74 Å². The van der Waals surface area contributed by atoms with E-state index >= 15 is 0 Å². The molecule has 6 bridgehead atoms. The third-order valence-electron chi connectivity index (χ3n) is 8.29. The third kappa shape index (κ3) is 1.82. The lowest BCUT2D eigenvalue weighted by Gasteiger charge is -2.56. The van der Waals surface area contributed by atoms with Crippen LogP contribution >= 0.6 is 0 Å². The second kappa shape index (κ2) is 4.51. The van der Waals surface area contributed by atoms with Crippen LogP contribution in [0.1, 0.15) is 77.6 Å². The van der Waals surface area contributed by atoms with Crippen LogP contribution in [0, 0.1) is 35.0 Å². The maximum atomic E-state index is 13.3. The van der Waals surface area contributed by atoms with Crippen LogP contribution in [0.2, 0.25) is 0 Å². The zero-order valence-corrected chi connectivity index (χ0v) is 14.0. The van der Waals surface area contributed by atoms with Gasteiger partial charge in [-0.25, -0.2) is 0 Å². The summed E-state index contributed by atoms with van der Waals surface area (Å²) in [6, 6.07) is 0. The Hall–Kier alpha value is -0.530. The molecule has 0 aromatic rings. The van der Waals surface area contributed by atoms with Gasteiger partial charge in [0.05, 0.1) is 5.41 Å². The van der Waals surface area contributed by atoms with E-state index in [0.29, 0.717) is 5.92 Å². The van der Waals surface area contributed by atoms with E-state index in [4.69, 9.17) is 4.74 Å². The number of esters is 1. The molecule has 22 heavy (non-hydrogen) atoms. The van der Waals surface area contributed by atoms with Gasteiger partial charge in [-0.3, -0.25) is 4.79 Å². The van der Waals surface area contributed by atoms with Gasteiger partial charge in [0.1, 0.15) is 5.60 Å². The summed E-state index contributed by atoms with van der Waals surface area (Å²) in [5, 5.41) is 0. The molecule has 6 aliphatic carbocycles. The summed E-state index contributed by atoms with van der Waals surface area (Å²) in [6.45, 7) is 2.24. The van der Waals surface area contributed by atoms with Gasteiger partial charge in [-0.05, 0) is 100 Å². The Labute approximate surface area is 134 Å². The van der Waals surface area contributed by atoms with E-state index < -0.39 is 0 Å². The molecule has 2 nitrogen and oxygen atoms in total. The van der Waals surface area contributed by atoms with E-state index in [2.05, 4.69) is 6.92 Å². The quantitative estimate of drug-likeness (QED) is 0.705. The van der Waals surface area contributed by atoms with Gasteiger partial charge in [-0.1, -0.05) is 6.92 Å². The summed E-state index contributed by atoms with van der Waals surface area (Å²) in [6.07, 6.45) is 13.8. The first-order valence-electron chi connectivity index (χ1n) is 9.84. The van der Waals surface area contributed by atoms with E-state index in [9.17, 15) is 4.79 Å². The number of carbonyl (C=O) groups excluding carboxylic acids is 1. The average Bonchev–Trinajstić information content (AvgIpc) is 3.07.